The number of hydrogen-bond acceptors (Lipinski definition) is 5. The quantitative estimate of drug-likeness (QED) is 0.442. The van der Waals surface area contributed by atoms with E-state index >= 15 is 0 Å². The Balaban J connectivity index is 1.56. The summed E-state index contributed by atoms with van der Waals surface area (Å²) in [5, 5.41) is 6.76. The molecule has 3 rings (SSSR count). The molecule has 0 aliphatic heterocycles. The van der Waals surface area contributed by atoms with Gasteiger partial charge in [0.1, 0.15) is 5.69 Å². The summed E-state index contributed by atoms with van der Waals surface area (Å²) in [5.41, 5.74) is 7.14. The summed E-state index contributed by atoms with van der Waals surface area (Å²) in [4.78, 5) is 24.1. The third-order valence-electron chi connectivity index (χ3n) is 4.03. The second-order valence-electron chi connectivity index (χ2n) is 5.92. The van der Waals surface area contributed by atoms with Crippen LogP contribution in [-0.2, 0) is 4.79 Å². The highest BCUT2D eigenvalue weighted by Gasteiger charge is 2.11. The van der Waals surface area contributed by atoms with Gasteiger partial charge >= 0.3 is 0 Å². The number of aromatic nitrogens is 2. The Labute approximate surface area is 167 Å². The predicted octanol–water partition coefficient (Wildman–Crippen LogP) is 2.57. The Morgan fingerprint density at radius 1 is 0.966 bits per heavy atom. The third-order valence-corrected chi connectivity index (χ3v) is 4.03. The lowest BCUT2D eigenvalue weighted by Crippen LogP contribution is -2.40. The average Bonchev–Trinajstić information content (AvgIpc) is 3.27. The van der Waals surface area contributed by atoms with Crippen molar-refractivity contribution in [2.75, 3.05) is 14.2 Å². The molecule has 0 saturated carbocycles. The fourth-order valence-electron chi connectivity index (χ4n) is 2.55. The van der Waals surface area contributed by atoms with Gasteiger partial charge in [-0.1, -0.05) is 36.4 Å². The Morgan fingerprint density at radius 3 is 2.45 bits per heavy atom. The van der Waals surface area contributed by atoms with E-state index in [2.05, 4.69) is 21.0 Å². The van der Waals surface area contributed by atoms with Crippen LogP contribution in [0.2, 0.25) is 0 Å². The van der Waals surface area contributed by atoms with E-state index < -0.39 is 11.8 Å². The summed E-state index contributed by atoms with van der Waals surface area (Å²) in [7, 11) is 3.08. The first kappa shape index (κ1) is 19.7. The lowest BCUT2D eigenvalue weighted by atomic mass is 10.1. The lowest BCUT2D eigenvalue weighted by molar-refractivity contribution is -0.117. The minimum Gasteiger partial charge on any atom is -0.493 e. The van der Waals surface area contributed by atoms with Crippen LogP contribution in [0.15, 0.2) is 60.7 Å². The van der Waals surface area contributed by atoms with Crippen molar-refractivity contribution in [1.29, 1.82) is 0 Å². The summed E-state index contributed by atoms with van der Waals surface area (Å²) in [5.74, 6) is 0.149. The zero-order chi connectivity index (χ0) is 20.6. The zero-order valence-electron chi connectivity index (χ0n) is 15.9. The monoisotopic (exact) mass is 392 g/mol. The second-order valence-corrected chi connectivity index (χ2v) is 5.92. The molecular formula is C21H20N4O4. The number of amides is 2. The maximum Gasteiger partial charge on any atom is 0.287 e. The van der Waals surface area contributed by atoms with Crippen molar-refractivity contribution in [3.8, 4) is 22.8 Å². The number of ether oxygens (including phenoxy) is 2. The summed E-state index contributed by atoms with van der Waals surface area (Å²) in [6.45, 7) is 0. The molecule has 148 valence electrons. The van der Waals surface area contributed by atoms with Gasteiger partial charge in [0.2, 0.25) is 0 Å². The van der Waals surface area contributed by atoms with Gasteiger partial charge in [-0.3, -0.25) is 25.5 Å². The molecule has 0 radical (unpaired) electrons. The van der Waals surface area contributed by atoms with Crippen molar-refractivity contribution in [3.05, 3.63) is 71.9 Å². The average molecular weight is 392 g/mol. The number of aromatic amines is 1. The minimum atomic E-state index is -0.507. The summed E-state index contributed by atoms with van der Waals surface area (Å²) >= 11 is 0. The molecule has 3 N–H and O–H groups in total. The number of nitrogens with one attached hydrogen (secondary N) is 3. The molecule has 1 aromatic heterocycles. The van der Waals surface area contributed by atoms with E-state index in [1.54, 1.807) is 37.5 Å². The van der Waals surface area contributed by atoms with Crippen LogP contribution in [-0.4, -0.2) is 36.2 Å². The van der Waals surface area contributed by atoms with Gasteiger partial charge in [-0.05, 0) is 29.8 Å². The number of hydrazine groups is 1. The van der Waals surface area contributed by atoms with Gasteiger partial charge in [-0.2, -0.15) is 5.10 Å². The number of benzene rings is 2. The molecule has 0 spiro atoms. The van der Waals surface area contributed by atoms with Crippen molar-refractivity contribution in [1.82, 2.24) is 21.0 Å². The first-order valence-electron chi connectivity index (χ1n) is 8.72. The predicted molar refractivity (Wildman–Crippen MR) is 108 cm³/mol. The first-order chi connectivity index (χ1) is 14.1. The SMILES string of the molecule is COc1ccc(/C=C/C(=O)NNC(=O)c2cc(-c3ccccc3)n[nH]2)cc1OC. The standard InChI is InChI=1S/C21H20N4O4/c1-28-18-10-8-14(12-19(18)29-2)9-11-20(26)24-25-21(27)17-13-16(22-23-17)15-6-4-3-5-7-15/h3-13H,1-2H3,(H,22,23)(H,24,26)(H,25,27)/b11-9+. The molecule has 2 amide bonds. The van der Waals surface area contributed by atoms with Crippen molar-refractivity contribution in [2.24, 2.45) is 0 Å². The minimum absolute atomic E-state index is 0.230. The number of H-pyrrole nitrogens is 1. The molecule has 0 unspecified atom stereocenters. The molecule has 29 heavy (non-hydrogen) atoms. The Morgan fingerprint density at radius 2 is 1.72 bits per heavy atom. The van der Waals surface area contributed by atoms with E-state index in [0.717, 1.165) is 11.1 Å². The van der Waals surface area contributed by atoms with Crippen LogP contribution < -0.4 is 20.3 Å². The molecule has 0 fully saturated rings. The number of methoxy groups -OCH3 is 2. The topological polar surface area (TPSA) is 105 Å². The van der Waals surface area contributed by atoms with E-state index in [-0.39, 0.29) is 5.69 Å². The second kappa shape index (κ2) is 9.23. The number of rotatable bonds is 6. The van der Waals surface area contributed by atoms with Crippen LogP contribution in [0.3, 0.4) is 0 Å². The van der Waals surface area contributed by atoms with Crippen LogP contribution in [0, 0.1) is 0 Å². The summed E-state index contributed by atoms with van der Waals surface area (Å²) < 4.78 is 10.4. The number of carbonyl (C=O) groups excluding carboxylic acids is 2. The van der Waals surface area contributed by atoms with Crippen LogP contribution in [0.25, 0.3) is 17.3 Å². The smallest absolute Gasteiger partial charge is 0.287 e. The molecule has 3 aromatic rings. The van der Waals surface area contributed by atoms with E-state index in [1.807, 2.05) is 30.3 Å². The van der Waals surface area contributed by atoms with Gasteiger partial charge in [-0.25, -0.2) is 0 Å². The number of nitrogens with zero attached hydrogens (tertiary/aromatic N) is 1. The van der Waals surface area contributed by atoms with Crippen LogP contribution in [0.4, 0.5) is 0 Å². The van der Waals surface area contributed by atoms with Gasteiger partial charge in [-0.15, -0.1) is 0 Å². The maximum atomic E-state index is 12.2. The van der Waals surface area contributed by atoms with Crippen molar-refractivity contribution in [3.63, 3.8) is 0 Å². The van der Waals surface area contributed by atoms with Gasteiger partial charge < -0.3 is 9.47 Å². The molecule has 1 heterocycles. The third kappa shape index (κ3) is 5.01. The molecule has 0 atom stereocenters. The van der Waals surface area contributed by atoms with E-state index in [1.165, 1.54) is 13.2 Å². The Hall–Kier alpha value is -4.07. The maximum absolute atomic E-state index is 12.2. The Kier molecular flexibility index (Phi) is 6.26. The lowest BCUT2D eigenvalue weighted by Gasteiger charge is -2.07. The largest absolute Gasteiger partial charge is 0.493 e. The van der Waals surface area contributed by atoms with Crippen LogP contribution in [0.1, 0.15) is 16.1 Å². The normalized spacial score (nSPS) is 10.6. The molecular weight excluding hydrogens is 372 g/mol. The zero-order valence-corrected chi connectivity index (χ0v) is 15.9. The van der Waals surface area contributed by atoms with Gasteiger partial charge in [0.05, 0.1) is 19.9 Å². The first-order valence-corrected chi connectivity index (χ1v) is 8.72. The molecule has 8 nitrogen and oxygen atoms in total. The van der Waals surface area contributed by atoms with Gasteiger partial charge in [0, 0.05) is 11.6 Å². The fraction of sp³-hybridized carbons (Fsp3) is 0.0952. The number of carbonyl (C=O) groups is 2. The molecule has 0 aliphatic carbocycles. The highest BCUT2D eigenvalue weighted by atomic mass is 16.5. The molecule has 2 aromatic carbocycles. The van der Waals surface area contributed by atoms with E-state index in [9.17, 15) is 9.59 Å². The van der Waals surface area contributed by atoms with E-state index in [4.69, 9.17) is 9.47 Å². The van der Waals surface area contributed by atoms with Gasteiger partial charge in [0.25, 0.3) is 11.8 Å². The highest BCUT2D eigenvalue weighted by molar-refractivity contribution is 5.97. The summed E-state index contributed by atoms with van der Waals surface area (Å²) in [6, 6.07) is 16.3. The molecule has 8 heteroatoms. The Bertz CT molecular complexity index is 1030. The summed E-state index contributed by atoms with van der Waals surface area (Å²) in [6.07, 6.45) is 2.89. The van der Waals surface area contributed by atoms with Crippen molar-refractivity contribution < 1.29 is 19.1 Å². The fourth-order valence-corrected chi connectivity index (χ4v) is 2.55. The van der Waals surface area contributed by atoms with E-state index in [0.29, 0.717) is 17.2 Å². The van der Waals surface area contributed by atoms with Crippen LogP contribution in [0.5, 0.6) is 11.5 Å². The van der Waals surface area contributed by atoms with Crippen molar-refractivity contribution in [2.45, 2.75) is 0 Å². The number of hydrogen-bond donors (Lipinski definition) is 3. The van der Waals surface area contributed by atoms with Crippen molar-refractivity contribution >= 4 is 17.9 Å². The van der Waals surface area contributed by atoms with Crippen LogP contribution >= 0.6 is 0 Å². The van der Waals surface area contributed by atoms with Gasteiger partial charge in [0.15, 0.2) is 11.5 Å². The molecule has 0 aliphatic rings. The highest BCUT2D eigenvalue weighted by Crippen LogP contribution is 2.27. The molecule has 0 saturated heterocycles. The molecule has 0 bridgehead atoms.